The van der Waals surface area contributed by atoms with Gasteiger partial charge in [-0.15, -0.1) is 0 Å². The molecular weight excluding hydrogens is 330 g/mol. The Balaban J connectivity index is 2.08. The molecule has 1 aromatic carbocycles. The van der Waals surface area contributed by atoms with Crippen molar-refractivity contribution in [1.29, 1.82) is 0 Å². The van der Waals surface area contributed by atoms with Gasteiger partial charge in [0, 0.05) is 12.6 Å². The van der Waals surface area contributed by atoms with E-state index in [1.54, 1.807) is 30.9 Å². The fraction of sp³-hybridized carbons (Fsp3) is 0.529. The van der Waals surface area contributed by atoms with Crippen LogP contribution in [0.5, 0.6) is 0 Å². The van der Waals surface area contributed by atoms with E-state index < -0.39 is 21.7 Å². The Kier molecular flexibility index (Phi) is 5.64. The highest BCUT2D eigenvalue weighted by Gasteiger charge is 2.35. The molecule has 2 rings (SSSR count). The van der Waals surface area contributed by atoms with E-state index in [2.05, 4.69) is 0 Å². The van der Waals surface area contributed by atoms with E-state index in [-0.39, 0.29) is 29.0 Å². The quantitative estimate of drug-likeness (QED) is 0.870. The topological polar surface area (TPSA) is 91.8 Å². The average Bonchev–Trinajstić information content (AvgIpc) is 2.55. The van der Waals surface area contributed by atoms with Crippen molar-refractivity contribution in [3.8, 4) is 0 Å². The minimum atomic E-state index is -3.25. The molecule has 1 saturated heterocycles. The van der Waals surface area contributed by atoms with Crippen molar-refractivity contribution in [2.24, 2.45) is 5.92 Å². The summed E-state index contributed by atoms with van der Waals surface area (Å²) in [6.07, 6.45) is 1.41. The predicted octanol–water partition coefficient (Wildman–Crippen LogP) is 1.73. The molecule has 0 spiro atoms. The SMILES string of the molecule is CCS(=O)(=O)c1ccc(CC(=O)N2CCC[C@H](C(=O)O)[C@@H]2C)cc1. The van der Waals surface area contributed by atoms with Crippen molar-refractivity contribution in [3.63, 3.8) is 0 Å². The number of likely N-dealkylation sites (tertiary alicyclic amines) is 1. The van der Waals surface area contributed by atoms with Crippen LogP contribution in [0, 0.1) is 5.92 Å². The third-order valence-corrected chi connectivity index (χ3v) is 6.39. The third kappa shape index (κ3) is 3.95. The molecule has 0 bridgehead atoms. The lowest BCUT2D eigenvalue weighted by molar-refractivity contribution is -0.148. The summed E-state index contributed by atoms with van der Waals surface area (Å²) in [5.41, 5.74) is 0.722. The number of amides is 1. The van der Waals surface area contributed by atoms with Gasteiger partial charge in [-0.2, -0.15) is 0 Å². The van der Waals surface area contributed by atoms with Crippen LogP contribution in [0.25, 0.3) is 0 Å². The lowest BCUT2D eigenvalue weighted by Gasteiger charge is -2.37. The van der Waals surface area contributed by atoms with Gasteiger partial charge in [-0.1, -0.05) is 19.1 Å². The normalized spacial score (nSPS) is 21.5. The molecule has 0 unspecified atom stereocenters. The molecule has 0 radical (unpaired) electrons. The summed E-state index contributed by atoms with van der Waals surface area (Å²) < 4.78 is 23.6. The fourth-order valence-corrected chi connectivity index (χ4v) is 3.97. The molecule has 132 valence electrons. The van der Waals surface area contributed by atoms with Crippen molar-refractivity contribution in [2.45, 2.75) is 44.0 Å². The molecule has 24 heavy (non-hydrogen) atoms. The van der Waals surface area contributed by atoms with Crippen molar-refractivity contribution >= 4 is 21.7 Å². The number of carbonyl (C=O) groups is 2. The monoisotopic (exact) mass is 353 g/mol. The van der Waals surface area contributed by atoms with Gasteiger partial charge >= 0.3 is 5.97 Å². The minimum Gasteiger partial charge on any atom is -0.481 e. The summed E-state index contributed by atoms with van der Waals surface area (Å²) in [4.78, 5) is 25.6. The maximum Gasteiger partial charge on any atom is 0.308 e. The Morgan fingerprint density at radius 3 is 2.42 bits per heavy atom. The van der Waals surface area contributed by atoms with E-state index in [9.17, 15) is 23.1 Å². The van der Waals surface area contributed by atoms with Crippen LogP contribution in [0.1, 0.15) is 32.3 Å². The van der Waals surface area contributed by atoms with Gasteiger partial charge in [0.1, 0.15) is 0 Å². The molecular formula is C17H23NO5S. The lowest BCUT2D eigenvalue weighted by atomic mass is 9.90. The zero-order chi connectivity index (χ0) is 17.9. The number of aliphatic carboxylic acids is 1. The molecule has 1 aliphatic rings. The maximum atomic E-state index is 12.5. The van der Waals surface area contributed by atoms with Gasteiger partial charge in [0.05, 0.1) is 23.0 Å². The molecule has 1 aliphatic heterocycles. The van der Waals surface area contributed by atoms with E-state index in [1.807, 2.05) is 0 Å². The largest absolute Gasteiger partial charge is 0.481 e. The molecule has 1 aromatic rings. The van der Waals surface area contributed by atoms with Crippen LogP contribution in [0.15, 0.2) is 29.2 Å². The number of sulfone groups is 1. The first-order valence-electron chi connectivity index (χ1n) is 8.10. The summed E-state index contributed by atoms with van der Waals surface area (Å²) in [6, 6.07) is 5.99. The van der Waals surface area contributed by atoms with Gasteiger partial charge in [-0.25, -0.2) is 8.42 Å². The number of benzene rings is 1. The molecule has 2 atom stereocenters. The van der Waals surface area contributed by atoms with Gasteiger partial charge in [-0.05, 0) is 37.5 Å². The van der Waals surface area contributed by atoms with E-state index in [0.717, 1.165) is 5.56 Å². The first kappa shape index (κ1) is 18.4. The summed E-state index contributed by atoms with van der Waals surface area (Å²) in [5, 5.41) is 9.23. The van der Waals surface area contributed by atoms with Crippen LogP contribution >= 0.6 is 0 Å². The highest BCUT2D eigenvalue weighted by Crippen LogP contribution is 2.24. The number of hydrogen-bond donors (Lipinski definition) is 1. The van der Waals surface area contributed by atoms with E-state index in [1.165, 1.54) is 12.1 Å². The molecule has 0 saturated carbocycles. The third-order valence-electron chi connectivity index (χ3n) is 4.64. The smallest absolute Gasteiger partial charge is 0.308 e. The number of piperidine rings is 1. The number of rotatable bonds is 5. The Labute approximate surface area is 142 Å². The van der Waals surface area contributed by atoms with E-state index in [4.69, 9.17) is 0 Å². The highest BCUT2D eigenvalue weighted by atomic mass is 32.2. The average molecular weight is 353 g/mol. The number of carboxylic acids is 1. The second kappa shape index (κ2) is 7.34. The van der Waals surface area contributed by atoms with Gasteiger partial charge < -0.3 is 10.0 Å². The Hall–Kier alpha value is -1.89. The molecule has 0 aromatic heterocycles. The van der Waals surface area contributed by atoms with E-state index >= 15 is 0 Å². The summed E-state index contributed by atoms with van der Waals surface area (Å²) in [7, 11) is -3.25. The summed E-state index contributed by atoms with van der Waals surface area (Å²) in [6.45, 7) is 3.92. The highest BCUT2D eigenvalue weighted by molar-refractivity contribution is 7.91. The van der Waals surface area contributed by atoms with Crippen LogP contribution in [-0.4, -0.2) is 48.6 Å². The van der Waals surface area contributed by atoms with Gasteiger partial charge in [-0.3, -0.25) is 9.59 Å². The number of carboxylic acid groups (broad SMARTS) is 1. The van der Waals surface area contributed by atoms with E-state index in [0.29, 0.717) is 19.4 Å². The Morgan fingerprint density at radius 1 is 1.25 bits per heavy atom. The molecule has 6 nitrogen and oxygen atoms in total. The van der Waals surface area contributed by atoms with Gasteiger partial charge in [0.25, 0.3) is 0 Å². The number of nitrogens with zero attached hydrogens (tertiary/aromatic N) is 1. The predicted molar refractivity (Wildman–Crippen MR) is 89.4 cm³/mol. The first-order chi connectivity index (χ1) is 11.3. The van der Waals surface area contributed by atoms with Crippen molar-refractivity contribution in [2.75, 3.05) is 12.3 Å². The summed E-state index contributed by atoms with van der Waals surface area (Å²) >= 11 is 0. The molecule has 1 amide bonds. The van der Waals surface area contributed by atoms with Crippen molar-refractivity contribution < 1.29 is 23.1 Å². The van der Waals surface area contributed by atoms with Crippen LogP contribution in [0.3, 0.4) is 0 Å². The Morgan fingerprint density at radius 2 is 1.88 bits per heavy atom. The van der Waals surface area contributed by atoms with Gasteiger partial charge in [0.15, 0.2) is 9.84 Å². The van der Waals surface area contributed by atoms with Gasteiger partial charge in [0.2, 0.25) is 5.91 Å². The molecule has 0 aliphatic carbocycles. The number of hydrogen-bond acceptors (Lipinski definition) is 4. The zero-order valence-corrected chi connectivity index (χ0v) is 14.8. The lowest BCUT2D eigenvalue weighted by Crippen LogP contribution is -2.49. The van der Waals surface area contributed by atoms with Crippen LogP contribution < -0.4 is 0 Å². The number of carbonyl (C=O) groups excluding carboxylic acids is 1. The molecule has 1 heterocycles. The van der Waals surface area contributed by atoms with Crippen LogP contribution in [0.4, 0.5) is 0 Å². The fourth-order valence-electron chi connectivity index (χ4n) is 3.08. The summed E-state index contributed by atoms with van der Waals surface area (Å²) in [5.74, 6) is -1.49. The molecule has 1 N–H and O–H groups in total. The van der Waals surface area contributed by atoms with Crippen LogP contribution in [-0.2, 0) is 25.8 Å². The molecule has 1 fully saturated rings. The van der Waals surface area contributed by atoms with Crippen LogP contribution in [0.2, 0.25) is 0 Å². The second-order valence-electron chi connectivity index (χ2n) is 6.14. The minimum absolute atomic E-state index is 0.0349. The maximum absolute atomic E-state index is 12.5. The molecule has 7 heteroatoms. The van der Waals surface area contributed by atoms with Crippen molar-refractivity contribution in [3.05, 3.63) is 29.8 Å². The van der Waals surface area contributed by atoms with Crippen molar-refractivity contribution in [1.82, 2.24) is 4.90 Å². The zero-order valence-electron chi connectivity index (χ0n) is 13.9. The standard InChI is InChI=1S/C17H23NO5S/c1-3-24(22,23)14-8-6-13(7-9-14)11-16(19)18-10-4-5-15(12(18)2)17(20)21/h6-9,12,15H,3-5,10-11H2,1-2H3,(H,20,21)/t12-,15-/m0/s1. The first-order valence-corrected chi connectivity index (χ1v) is 9.75. The Bertz CT molecular complexity index is 711. The second-order valence-corrected chi connectivity index (χ2v) is 8.42.